The Labute approximate surface area is 92.1 Å². The van der Waals surface area contributed by atoms with Gasteiger partial charge in [-0.1, -0.05) is 24.3 Å². The maximum absolute atomic E-state index is 2.50. The molecule has 15 heavy (non-hydrogen) atoms. The number of fused-ring (bicyclic) bond motifs is 3. The molecule has 1 heteroatoms. The summed E-state index contributed by atoms with van der Waals surface area (Å²) in [5, 5.41) is 0. The molecule has 0 bridgehead atoms. The van der Waals surface area contributed by atoms with Crippen LogP contribution in [0, 0.1) is 5.92 Å². The predicted octanol–water partition coefficient (Wildman–Crippen LogP) is 2.67. The molecule has 2 aliphatic rings. The van der Waals surface area contributed by atoms with E-state index in [1.54, 1.807) is 11.1 Å². The summed E-state index contributed by atoms with van der Waals surface area (Å²) in [5.74, 6) is 1.73. The van der Waals surface area contributed by atoms with Gasteiger partial charge >= 0.3 is 0 Å². The summed E-state index contributed by atoms with van der Waals surface area (Å²) < 4.78 is 0. The van der Waals surface area contributed by atoms with E-state index in [1.165, 1.54) is 32.4 Å². The summed E-state index contributed by atoms with van der Waals surface area (Å²) in [5.41, 5.74) is 3.25. The third-order valence-corrected chi connectivity index (χ3v) is 4.10. The van der Waals surface area contributed by atoms with Crippen LogP contribution in [0.15, 0.2) is 24.3 Å². The largest absolute Gasteiger partial charge is 0.305 e. The van der Waals surface area contributed by atoms with Gasteiger partial charge in [-0.2, -0.15) is 0 Å². The van der Waals surface area contributed by atoms with Gasteiger partial charge in [-0.05, 0) is 43.4 Å². The van der Waals surface area contributed by atoms with Crippen LogP contribution in [0.4, 0.5) is 0 Å². The summed E-state index contributed by atoms with van der Waals surface area (Å²) in [7, 11) is 2.26. The Morgan fingerprint density at radius 2 is 2.07 bits per heavy atom. The Morgan fingerprint density at radius 3 is 3.00 bits per heavy atom. The van der Waals surface area contributed by atoms with Gasteiger partial charge in [0.15, 0.2) is 0 Å². The zero-order valence-corrected chi connectivity index (χ0v) is 9.45. The molecule has 1 aliphatic carbocycles. The number of hydrogen-bond acceptors (Lipinski definition) is 1. The molecule has 1 aromatic carbocycles. The molecular formula is C14H19N. The lowest BCUT2D eigenvalue weighted by atomic mass is 9.87. The molecule has 0 N–H and O–H groups in total. The van der Waals surface area contributed by atoms with Crippen molar-refractivity contribution in [1.82, 2.24) is 4.90 Å². The lowest BCUT2D eigenvalue weighted by Gasteiger charge is -2.17. The second-order valence-corrected chi connectivity index (χ2v) is 5.18. The van der Waals surface area contributed by atoms with Crippen molar-refractivity contribution in [1.29, 1.82) is 0 Å². The molecular weight excluding hydrogens is 182 g/mol. The van der Waals surface area contributed by atoms with Crippen molar-refractivity contribution in [2.24, 2.45) is 5.92 Å². The number of likely N-dealkylation sites (N-methyl/N-ethyl adjacent to an activating group) is 1. The van der Waals surface area contributed by atoms with Gasteiger partial charge < -0.3 is 4.90 Å². The normalized spacial score (nSPS) is 30.7. The highest BCUT2D eigenvalue weighted by Gasteiger charge is 2.34. The van der Waals surface area contributed by atoms with Crippen molar-refractivity contribution >= 4 is 0 Å². The molecule has 0 amide bonds. The Kier molecular flexibility index (Phi) is 2.28. The lowest BCUT2D eigenvalue weighted by molar-refractivity contribution is 0.385. The molecule has 0 aromatic heterocycles. The first-order valence-electron chi connectivity index (χ1n) is 6.11. The number of aryl methyl sites for hydroxylation is 1. The van der Waals surface area contributed by atoms with E-state index in [1.807, 2.05) is 0 Å². The van der Waals surface area contributed by atoms with Crippen molar-refractivity contribution in [3.63, 3.8) is 0 Å². The third kappa shape index (κ3) is 1.59. The zero-order chi connectivity index (χ0) is 10.3. The number of likely N-dealkylation sites (tertiary alicyclic amines) is 1. The van der Waals surface area contributed by atoms with Crippen LogP contribution < -0.4 is 0 Å². The molecule has 1 heterocycles. The molecule has 1 aromatic rings. The maximum Gasteiger partial charge on any atom is 0.00506 e. The summed E-state index contributed by atoms with van der Waals surface area (Å²) in [6.45, 7) is 2.57. The van der Waals surface area contributed by atoms with Crippen LogP contribution in [0.5, 0.6) is 0 Å². The van der Waals surface area contributed by atoms with Gasteiger partial charge in [0.05, 0.1) is 0 Å². The van der Waals surface area contributed by atoms with Gasteiger partial charge in [-0.3, -0.25) is 0 Å². The second kappa shape index (κ2) is 3.64. The third-order valence-electron chi connectivity index (χ3n) is 4.10. The van der Waals surface area contributed by atoms with Gasteiger partial charge in [0.2, 0.25) is 0 Å². The molecule has 0 saturated carbocycles. The monoisotopic (exact) mass is 201 g/mol. The van der Waals surface area contributed by atoms with Crippen molar-refractivity contribution in [2.45, 2.75) is 25.2 Å². The first kappa shape index (κ1) is 9.41. The Hall–Kier alpha value is -0.820. The first-order valence-corrected chi connectivity index (χ1v) is 6.11. The fourth-order valence-electron chi connectivity index (χ4n) is 3.41. The minimum absolute atomic E-state index is 0.814. The molecule has 80 valence electrons. The fourth-order valence-corrected chi connectivity index (χ4v) is 3.41. The van der Waals surface area contributed by atoms with Crippen molar-refractivity contribution in [2.75, 3.05) is 20.1 Å². The smallest absolute Gasteiger partial charge is 0.00506 e. The molecule has 0 unspecified atom stereocenters. The maximum atomic E-state index is 2.50. The molecule has 3 rings (SSSR count). The Bertz CT molecular complexity index is 358. The average molecular weight is 201 g/mol. The summed E-state index contributed by atoms with van der Waals surface area (Å²) in [6.07, 6.45) is 4.10. The predicted molar refractivity (Wildman–Crippen MR) is 63.1 cm³/mol. The quantitative estimate of drug-likeness (QED) is 0.624. The van der Waals surface area contributed by atoms with Crippen molar-refractivity contribution < 1.29 is 0 Å². The molecule has 2 atom stereocenters. The highest BCUT2D eigenvalue weighted by Crippen LogP contribution is 2.39. The Morgan fingerprint density at radius 1 is 1.20 bits per heavy atom. The standard InChI is InChI=1S/C14H19N/c1-15-9-12-7-4-6-11-5-2-3-8-13(11)14(12)10-15/h2-3,5,8,12,14H,4,6-7,9-10H2,1H3/t12-,14+/m1/s1. The number of benzene rings is 1. The summed E-state index contributed by atoms with van der Waals surface area (Å²) in [6, 6.07) is 9.09. The van der Waals surface area contributed by atoms with Crippen LogP contribution in [0.2, 0.25) is 0 Å². The molecule has 1 nitrogen and oxygen atoms in total. The summed E-state index contributed by atoms with van der Waals surface area (Å²) >= 11 is 0. The van der Waals surface area contributed by atoms with Gasteiger partial charge in [0.25, 0.3) is 0 Å². The molecule has 1 aliphatic heterocycles. The zero-order valence-electron chi connectivity index (χ0n) is 9.45. The van der Waals surface area contributed by atoms with Gasteiger partial charge in [-0.25, -0.2) is 0 Å². The van der Waals surface area contributed by atoms with Crippen LogP contribution in [0.3, 0.4) is 0 Å². The van der Waals surface area contributed by atoms with E-state index in [0.29, 0.717) is 0 Å². The van der Waals surface area contributed by atoms with Crippen LogP contribution in [-0.2, 0) is 6.42 Å². The van der Waals surface area contributed by atoms with E-state index in [2.05, 4.69) is 36.2 Å². The number of rotatable bonds is 0. The fraction of sp³-hybridized carbons (Fsp3) is 0.571. The molecule has 0 radical (unpaired) electrons. The van der Waals surface area contributed by atoms with Gasteiger partial charge in [-0.15, -0.1) is 0 Å². The Balaban J connectivity index is 2.01. The van der Waals surface area contributed by atoms with E-state index < -0.39 is 0 Å². The van der Waals surface area contributed by atoms with E-state index in [9.17, 15) is 0 Å². The van der Waals surface area contributed by atoms with Crippen molar-refractivity contribution in [3.05, 3.63) is 35.4 Å². The van der Waals surface area contributed by atoms with Crippen LogP contribution in [0.1, 0.15) is 29.9 Å². The first-order chi connectivity index (χ1) is 7.34. The molecule has 1 saturated heterocycles. The van der Waals surface area contributed by atoms with Crippen molar-refractivity contribution in [3.8, 4) is 0 Å². The van der Waals surface area contributed by atoms with E-state index in [0.717, 1.165) is 11.8 Å². The highest BCUT2D eigenvalue weighted by molar-refractivity contribution is 5.33. The van der Waals surface area contributed by atoms with Crippen LogP contribution in [-0.4, -0.2) is 25.0 Å². The van der Waals surface area contributed by atoms with Gasteiger partial charge in [0.1, 0.15) is 0 Å². The SMILES string of the molecule is CN1C[C@H]2CCCc3ccccc3[C@H]2C1. The van der Waals surface area contributed by atoms with Gasteiger partial charge in [0, 0.05) is 19.0 Å². The number of hydrogen-bond donors (Lipinski definition) is 0. The highest BCUT2D eigenvalue weighted by atomic mass is 15.1. The molecule has 0 spiro atoms. The topological polar surface area (TPSA) is 3.24 Å². The van der Waals surface area contributed by atoms with E-state index in [-0.39, 0.29) is 0 Å². The second-order valence-electron chi connectivity index (χ2n) is 5.18. The molecule has 1 fully saturated rings. The lowest BCUT2D eigenvalue weighted by Crippen LogP contribution is -2.14. The van der Waals surface area contributed by atoms with E-state index >= 15 is 0 Å². The number of nitrogens with zero attached hydrogens (tertiary/aromatic N) is 1. The minimum atomic E-state index is 0.814. The van der Waals surface area contributed by atoms with E-state index in [4.69, 9.17) is 0 Å². The van der Waals surface area contributed by atoms with Crippen LogP contribution >= 0.6 is 0 Å². The minimum Gasteiger partial charge on any atom is -0.305 e. The average Bonchev–Trinajstić information content (AvgIpc) is 2.52. The van der Waals surface area contributed by atoms with Crippen LogP contribution in [0.25, 0.3) is 0 Å². The summed E-state index contributed by atoms with van der Waals surface area (Å²) in [4.78, 5) is 2.50.